The van der Waals surface area contributed by atoms with Crippen molar-refractivity contribution in [1.82, 2.24) is 4.90 Å². The monoisotopic (exact) mass is 370 g/mol. The van der Waals surface area contributed by atoms with Crippen molar-refractivity contribution in [3.05, 3.63) is 46.7 Å². The Hall–Kier alpha value is -2.79. The molecule has 11 heteroatoms. The van der Waals surface area contributed by atoms with Crippen LogP contribution in [-0.2, 0) is 23.8 Å². The molecule has 1 heterocycles. The number of carbonyl (C=O) groups is 2. The fraction of sp³-hybridized carbons (Fsp3) is 0.286. The smallest absolute Gasteiger partial charge is 0.414 e. The lowest BCUT2D eigenvalue weighted by Crippen LogP contribution is -2.23. The number of nitro benzene ring substituents is 1. The van der Waals surface area contributed by atoms with Crippen LogP contribution in [0.15, 0.2) is 41.4 Å². The van der Waals surface area contributed by atoms with E-state index in [1.54, 1.807) is 0 Å². The molecule has 134 valence electrons. The molecule has 1 aliphatic rings. The van der Waals surface area contributed by atoms with Gasteiger partial charge in [-0.15, -0.1) is 0 Å². The van der Waals surface area contributed by atoms with Gasteiger partial charge in [0.05, 0.1) is 16.4 Å². The molecule has 2 rings (SSSR count). The number of ether oxygens (including phenoxy) is 1. The molecule has 1 amide bonds. The summed E-state index contributed by atoms with van der Waals surface area (Å²) in [5.74, 6) is -0.256. The maximum absolute atomic E-state index is 12.0. The third kappa shape index (κ3) is 4.84. The van der Waals surface area contributed by atoms with Crippen molar-refractivity contribution >= 4 is 27.7 Å². The second kappa shape index (κ2) is 7.40. The third-order valence-electron chi connectivity index (χ3n) is 3.14. The fourth-order valence-corrected chi connectivity index (χ4v) is 2.85. The van der Waals surface area contributed by atoms with Gasteiger partial charge >= 0.3 is 6.09 Å². The average molecular weight is 370 g/mol. The van der Waals surface area contributed by atoms with Gasteiger partial charge in [0.25, 0.3) is 15.8 Å². The van der Waals surface area contributed by atoms with Crippen molar-refractivity contribution < 1.29 is 31.9 Å². The van der Waals surface area contributed by atoms with Gasteiger partial charge < -0.3 is 4.74 Å². The van der Waals surface area contributed by atoms with Crippen LogP contribution in [0, 0.1) is 10.1 Å². The van der Waals surface area contributed by atoms with Crippen molar-refractivity contribution in [2.75, 3.05) is 13.2 Å². The lowest BCUT2D eigenvalue weighted by molar-refractivity contribution is -0.384. The van der Waals surface area contributed by atoms with Crippen molar-refractivity contribution in [3.8, 4) is 0 Å². The molecule has 25 heavy (non-hydrogen) atoms. The first-order chi connectivity index (χ1) is 11.7. The average Bonchev–Trinajstić information content (AvgIpc) is 2.91. The predicted molar refractivity (Wildman–Crippen MR) is 83.0 cm³/mol. The van der Waals surface area contributed by atoms with E-state index in [4.69, 9.17) is 8.92 Å². The number of benzene rings is 1. The number of non-ortho nitro benzene ring substituents is 1. The number of hydrogen-bond donors (Lipinski definition) is 0. The van der Waals surface area contributed by atoms with E-state index in [2.05, 4.69) is 0 Å². The van der Waals surface area contributed by atoms with Gasteiger partial charge in [-0.3, -0.25) is 24.0 Å². The molecule has 0 unspecified atom stereocenters. The number of cyclic esters (lactones) is 1. The molecule has 1 fully saturated rings. The first-order valence-corrected chi connectivity index (χ1v) is 8.40. The van der Waals surface area contributed by atoms with Gasteiger partial charge in [0.15, 0.2) is 5.78 Å². The van der Waals surface area contributed by atoms with E-state index in [0.717, 1.165) is 29.2 Å². The lowest BCUT2D eigenvalue weighted by Gasteiger charge is -2.09. The predicted octanol–water partition coefficient (Wildman–Crippen LogP) is 1.22. The van der Waals surface area contributed by atoms with Crippen molar-refractivity contribution in [3.63, 3.8) is 0 Å². The SMILES string of the molecule is CC(=O)C=CN1C[C@@H](COS(=O)(=O)c2ccc([N+](=O)[O-])cc2)OC1=O. The Morgan fingerprint density at radius 1 is 1.44 bits per heavy atom. The summed E-state index contributed by atoms with van der Waals surface area (Å²) in [4.78, 5) is 33.2. The fourth-order valence-electron chi connectivity index (χ4n) is 1.91. The van der Waals surface area contributed by atoms with Crippen molar-refractivity contribution in [1.29, 1.82) is 0 Å². The van der Waals surface area contributed by atoms with E-state index in [-0.39, 0.29) is 22.9 Å². The standard InChI is InChI=1S/C14H14N2O8S/c1-10(17)6-7-15-8-12(24-14(15)18)9-23-25(21,22)13-4-2-11(3-5-13)16(19)20/h2-7,12H,8-9H2,1H3/t12-/m0/s1. The number of rotatable bonds is 7. The second-order valence-corrected chi connectivity index (χ2v) is 6.69. The maximum atomic E-state index is 12.0. The Morgan fingerprint density at radius 3 is 2.64 bits per heavy atom. The van der Waals surface area contributed by atoms with Gasteiger partial charge in [0, 0.05) is 18.3 Å². The van der Waals surface area contributed by atoms with Crippen molar-refractivity contribution in [2.45, 2.75) is 17.9 Å². The normalized spacial score (nSPS) is 17.7. The number of carbonyl (C=O) groups excluding carboxylic acids is 2. The molecular weight excluding hydrogens is 356 g/mol. The Morgan fingerprint density at radius 2 is 2.08 bits per heavy atom. The maximum Gasteiger partial charge on any atom is 0.414 e. The first-order valence-electron chi connectivity index (χ1n) is 6.99. The Balaban J connectivity index is 1.97. The van der Waals surface area contributed by atoms with Gasteiger partial charge in [0.1, 0.15) is 12.7 Å². The van der Waals surface area contributed by atoms with Crippen LogP contribution in [0.25, 0.3) is 0 Å². The zero-order valence-corrected chi connectivity index (χ0v) is 13.8. The van der Waals surface area contributed by atoms with Crippen LogP contribution in [-0.4, -0.2) is 49.4 Å². The summed E-state index contributed by atoms with van der Waals surface area (Å²) in [6, 6.07) is 4.19. The molecule has 0 spiro atoms. The summed E-state index contributed by atoms with van der Waals surface area (Å²) in [7, 11) is -4.16. The van der Waals surface area contributed by atoms with E-state index < -0.39 is 33.8 Å². The Bertz CT molecular complexity index is 816. The van der Waals surface area contributed by atoms with Gasteiger partial charge in [0.2, 0.25) is 0 Å². The van der Waals surface area contributed by atoms with E-state index in [0.29, 0.717) is 0 Å². The topological polar surface area (TPSA) is 133 Å². The number of amides is 1. The van der Waals surface area contributed by atoms with E-state index in [1.807, 2.05) is 0 Å². The quantitative estimate of drug-likeness (QED) is 0.303. The molecule has 0 radical (unpaired) electrons. The molecule has 1 aromatic rings. The molecule has 0 bridgehead atoms. The van der Waals surface area contributed by atoms with Crippen molar-refractivity contribution in [2.24, 2.45) is 0 Å². The summed E-state index contributed by atoms with van der Waals surface area (Å²) in [5.41, 5.74) is -0.253. The highest BCUT2D eigenvalue weighted by molar-refractivity contribution is 7.86. The Kier molecular flexibility index (Phi) is 5.49. The van der Waals surface area contributed by atoms with Gasteiger partial charge in [-0.05, 0) is 25.1 Å². The number of ketones is 1. The van der Waals surface area contributed by atoms with Gasteiger partial charge in [-0.2, -0.15) is 8.42 Å². The first kappa shape index (κ1) is 18.5. The minimum atomic E-state index is -4.16. The zero-order chi connectivity index (χ0) is 18.6. The highest BCUT2D eigenvalue weighted by Crippen LogP contribution is 2.19. The Labute approximate surface area is 142 Å². The molecule has 10 nitrogen and oxygen atoms in total. The molecule has 1 saturated heterocycles. The summed E-state index contributed by atoms with van der Waals surface area (Å²) in [6.07, 6.45) is 0.865. The number of nitrogens with zero attached hydrogens (tertiary/aromatic N) is 2. The van der Waals surface area contributed by atoms with Crippen LogP contribution >= 0.6 is 0 Å². The minimum Gasteiger partial charge on any atom is -0.441 e. The second-order valence-electron chi connectivity index (χ2n) is 5.07. The van der Waals surface area contributed by atoms with Gasteiger partial charge in [-0.1, -0.05) is 0 Å². The largest absolute Gasteiger partial charge is 0.441 e. The van der Waals surface area contributed by atoms with E-state index in [9.17, 15) is 28.1 Å². The molecule has 0 aromatic heterocycles. The molecule has 0 aliphatic carbocycles. The lowest BCUT2D eigenvalue weighted by atomic mass is 10.3. The summed E-state index contributed by atoms with van der Waals surface area (Å²) in [6.45, 7) is 0.920. The summed E-state index contributed by atoms with van der Waals surface area (Å²) in [5, 5.41) is 10.6. The minimum absolute atomic E-state index is 0.0262. The molecule has 1 aliphatic heterocycles. The van der Waals surface area contributed by atoms with Gasteiger partial charge in [-0.25, -0.2) is 4.79 Å². The summed E-state index contributed by atoms with van der Waals surface area (Å²) >= 11 is 0. The highest BCUT2D eigenvalue weighted by Gasteiger charge is 2.31. The van der Waals surface area contributed by atoms with Crippen LogP contribution < -0.4 is 0 Å². The molecule has 1 aromatic carbocycles. The zero-order valence-electron chi connectivity index (χ0n) is 13.0. The number of nitro groups is 1. The van der Waals surface area contributed by atoms with Crippen LogP contribution in [0.5, 0.6) is 0 Å². The van der Waals surface area contributed by atoms with Crippen LogP contribution in [0.4, 0.5) is 10.5 Å². The molecule has 0 saturated carbocycles. The third-order valence-corrected chi connectivity index (χ3v) is 4.43. The van der Waals surface area contributed by atoms with E-state index >= 15 is 0 Å². The molecular formula is C14H14N2O8S. The number of allylic oxidation sites excluding steroid dienone is 1. The highest BCUT2D eigenvalue weighted by atomic mass is 32.2. The van der Waals surface area contributed by atoms with Crippen LogP contribution in [0.2, 0.25) is 0 Å². The van der Waals surface area contributed by atoms with E-state index in [1.165, 1.54) is 19.2 Å². The molecule has 0 N–H and O–H groups in total. The molecule has 1 atom stereocenters. The van der Waals surface area contributed by atoms with Crippen LogP contribution in [0.1, 0.15) is 6.92 Å². The van der Waals surface area contributed by atoms with Crippen LogP contribution in [0.3, 0.4) is 0 Å². The number of hydrogen-bond acceptors (Lipinski definition) is 8. The summed E-state index contributed by atoms with van der Waals surface area (Å²) < 4.78 is 33.8.